The van der Waals surface area contributed by atoms with E-state index in [1.54, 1.807) is 13.8 Å². The zero-order valence-electron chi connectivity index (χ0n) is 19.0. The van der Waals surface area contributed by atoms with Crippen LogP contribution in [0.25, 0.3) is 0 Å². The molecule has 3 N–H and O–H groups in total. The summed E-state index contributed by atoms with van der Waals surface area (Å²) < 4.78 is 0. The van der Waals surface area contributed by atoms with Crippen LogP contribution in [0.15, 0.2) is 47.1 Å². The molecule has 2 fully saturated rings. The molecule has 164 valence electrons. The third-order valence-electron chi connectivity index (χ3n) is 7.21. The third-order valence-corrected chi connectivity index (χ3v) is 7.21. The summed E-state index contributed by atoms with van der Waals surface area (Å²) in [6.07, 6.45) is 11.9. The van der Waals surface area contributed by atoms with Crippen LogP contribution in [0.4, 0.5) is 0 Å². The average Bonchev–Trinajstić information content (AvgIpc) is 3.00. The van der Waals surface area contributed by atoms with E-state index in [1.807, 2.05) is 0 Å². The van der Waals surface area contributed by atoms with E-state index < -0.39 is 17.8 Å². The summed E-state index contributed by atoms with van der Waals surface area (Å²) in [7, 11) is 0. The van der Waals surface area contributed by atoms with Gasteiger partial charge in [0.05, 0.1) is 12.2 Å². The Hall–Kier alpha value is -1.60. The SMILES string of the molecule is C=C1/C(=C/C=C2\CCC[C@]3(C)C([C@H](C)CC#CC(C)(C)O)=CC[C@@H]23)C[C@@H](O)C[C@@H]1O. The Morgan fingerprint density at radius 2 is 2.07 bits per heavy atom. The fraction of sp³-hybridized carbons (Fsp3) is 0.630. The maximum Gasteiger partial charge on any atom is 0.119 e. The monoisotopic (exact) mass is 410 g/mol. The number of aliphatic hydroxyl groups is 3. The zero-order valence-corrected chi connectivity index (χ0v) is 19.0. The van der Waals surface area contributed by atoms with Crippen molar-refractivity contribution in [1.82, 2.24) is 0 Å². The highest BCUT2D eigenvalue weighted by Gasteiger charge is 2.45. The standard InChI is InChI=1S/C27H38O3/c1-18(8-6-14-26(3,4)30)23-12-13-24-20(9-7-15-27(23,24)5)10-11-21-16-22(28)17-25(29)19(21)2/h10-12,18,22,24-25,28-30H,2,7-9,13,15-17H2,1,3-5H3/b20-10+,21-11+/t18-,22-,24+,25+,27-/m1/s1. The average molecular weight is 411 g/mol. The molecule has 5 atom stereocenters. The molecule has 30 heavy (non-hydrogen) atoms. The number of aliphatic hydroxyl groups excluding tert-OH is 2. The lowest BCUT2D eigenvalue weighted by Gasteiger charge is -2.42. The molecule has 0 aromatic heterocycles. The minimum Gasteiger partial charge on any atom is -0.393 e. The van der Waals surface area contributed by atoms with E-state index in [0.717, 1.165) is 30.4 Å². The van der Waals surface area contributed by atoms with Crippen LogP contribution in [-0.2, 0) is 0 Å². The maximum atomic E-state index is 10.1. The van der Waals surface area contributed by atoms with Gasteiger partial charge in [0.15, 0.2) is 0 Å². The summed E-state index contributed by atoms with van der Waals surface area (Å²) >= 11 is 0. The second kappa shape index (κ2) is 8.87. The number of hydrogen-bond acceptors (Lipinski definition) is 3. The molecule has 0 aliphatic heterocycles. The fourth-order valence-corrected chi connectivity index (χ4v) is 5.61. The van der Waals surface area contributed by atoms with Gasteiger partial charge in [-0.2, -0.15) is 0 Å². The maximum absolute atomic E-state index is 10.1. The van der Waals surface area contributed by atoms with Crippen molar-refractivity contribution in [2.45, 2.75) is 90.4 Å². The summed E-state index contributed by atoms with van der Waals surface area (Å²) in [5, 5.41) is 30.0. The first-order chi connectivity index (χ1) is 14.0. The number of hydrogen-bond donors (Lipinski definition) is 3. The molecule has 3 aliphatic rings. The number of fused-ring (bicyclic) bond motifs is 1. The van der Waals surface area contributed by atoms with Gasteiger partial charge in [0.2, 0.25) is 0 Å². The molecule has 0 aromatic rings. The second-order valence-electron chi connectivity index (χ2n) is 10.3. The van der Waals surface area contributed by atoms with Crippen molar-refractivity contribution in [2.75, 3.05) is 0 Å². The topological polar surface area (TPSA) is 60.7 Å². The van der Waals surface area contributed by atoms with Crippen LogP contribution in [0.2, 0.25) is 0 Å². The van der Waals surface area contributed by atoms with Crippen molar-refractivity contribution in [3.05, 3.63) is 47.1 Å². The van der Waals surface area contributed by atoms with Crippen molar-refractivity contribution in [2.24, 2.45) is 17.3 Å². The van der Waals surface area contributed by atoms with Crippen molar-refractivity contribution in [1.29, 1.82) is 0 Å². The molecular weight excluding hydrogens is 372 g/mol. The van der Waals surface area contributed by atoms with E-state index in [4.69, 9.17) is 0 Å². The molecule has 0 amide bonds. The van der Waals surface area contributed by atoms with Crippen LogP contribution in [0.1, 0.15) is 72.6 Å². The van der Waals surface area contributed by atoms with Gasteiger partial charge in [-0.25, -0.2) is 0 Å². The first kappa shape index (κ1) is 23.1. The second-order valence-corrected chi connectivity index (χ2v) is 10.3. The Balaban J connectivity index is 1.76. The van der Waals surface area contributed by atoms with Crippen molar-refractivity contribution >= 4 is 0 Å². The van der Waals surface area contributed by atoms with Gasteiger partial charge in [0.1, 0.15) is 5.60 Å². The largest absolute Gasteiger partial charge is 0.393 e. The van der Waals surface area contributed by atoms with E-state index >= 15 is 0 Å². The van der Waals surface area contributed by atoms with Crippen LogP contribution < -0.4 is 0 Å². The smallest absolute Gasteiger partial charge is 0.119 e. The van der Waals surface area contributed by atoms with E-state index in [1.165, 1.54) is 24.0 Å². The van der Waals surface area contributed by atoms with Crippen molar-refractivity contribution < 1.29 is 15.3 Å². The van der Waals surface area contributed by atoms with E-state index in [2.05, 4.69) is 50.5 Å². The van der Waals surface area contributed by atoms with Crippen molar-refractivity contribution in [3.8, 4) is 11.8 Å². The molecule has 2 saturated carbocycles. The zero-order chi connectivity index (χ0) is 22.1. The molecule has 0 radical (unpaired) electrons. The predicted octanol–water partition coefficient (Wildman–Crippen LogP) is 4.85. The van der Waals surface area contributed by atoms with Crippen LogP contribution in [0, 0.1) is 29.1 Å². The van der Waals surface area contributed by atoms with Gasteiger partial charge >= 0.3 is 0 Å². The van der Waals surface area contributed by atoms with Gasteiger partial charge in [-0.15, -0.1) is 0 Å². The van der Waals surface area contributed by atoms with Gasteiger partial charge < -0.3 is 15.3 Å². The summed E-state index contributed by atoms with van der Waals surface area (Å²) in [6, 6.07) is 0. The van der Waals surface area contributed by atoms with Crippen LogP contribution in [0.5, 0.6) is 0 Å². The highest BCUT2D eigenvalue weighted by Crippen LogP contribution is 2.56. The Labute approximate surface area is 182 Å². The third kappa shape index (κ3) is 4.99. The number of rotatable bonds is 3. The molecule has 0 unspecified atom stereocenters. The first-order valence-corrected chi connectivity index (χ1v) is 11.4. The molecule has 0 heterocycles. The van der Waals surface area contributed by atoms with Gasteiger partial charge in [-0.1, -0.05) is 61.6 Å². The number of allylic oxidation sites excluding steroid dienone is 5. The van der Waals surface area contributed by atoms with Crippen LogP contribution in [-0.4, -0.2) is 33.1 Å². The Morgan fingerprint density at radius 3 is 2.77 bits per heavy atom. The molecule has 3 heteroatoms. The summed E-state index contributed by atoms with van der Waals surface area (Å²) in [4.78, 5) is 0. The first-order valence-electron chi connectivity index (χ1n) is 11.4. The highest BCUT2D eigenvalue weighted by atomic mass is 16.3. The molecule has 3 aliphatic carbocycles. The predicted molar refractivity (Wildman–Crippen MR) is 123 cm³/mol. The van der Waals surface area contributed by atoms with E-state index in [0.29, 0.717) is 24.7 Å². The molecule has 3 rings (SSSR count). The van der Waals surface area contributed by atoms with Crippen molar-refractivity contribution in [3.63, 3.8) is 0 Å². The minimum atomic E-state index is -0.936. The lowest BCUT2D eigenvalue weighted by molar-refractivity contribution is 0.0862. The lowest BCUT2D eigenvalue weighted by Crippen LogP contribution is -2.32. The van der Waals surface area contributed by atoms with Crippen LogP contribution >= 0.6 is 0 Å². The molecule has 0 bridgehead atoms. The molecule has 0 spiro atoms. The lowest BCUT2D eigenvalue weighted by atomic mass is 9.62. The van der Waals surface area contributed by atoms with Gasteiger partial charge in [0, 0.05) is 12.8 Å². The molecule has 3 nitrogen and oxygen atoms in total. The molecule has 0 aromatic carbocycles. The fourth-order valence-electron chi connectivity index (χ4n) is 5.61. The molecule has 0 saturated heterocycles. The quantitative estimate of drug-likeness (QED) is 0.460. The Bertz CT molecular complexity index is 826. The Kier molecular flexibility index (Phi) is 6.82. The van der Waals surface area contributed by atoms with Gasteiger partial charge in [0.25, 0.3) is 0 Å². The van der Waals surface area contributed by atoms with Gasteiger partial charge in [-0.05, 0) is 74.3 Å². The Morgan fingerprint density at radius 1 is 1.33 bits per heavy atom. The summed E-state index contributed by atoms with van der Waals surface area (Å²) in [5.41, 5.74) is 3.95. The summed E-state index contributed by atoms with van der Waals surface area (Å²) in [6.45, 7) is 12.1. The molecular formula is C27H38O3. The van der Waals surface area contributed by atoms with Crippen LogP contribution in [0.3, 0.4) is 0 Å². The highest BCUT2D eigenvalue weighted by molar-refractivity contribution is 5.40. The normalized spacial score (nSPS) is 35.6. The summed E-state index contributed by atoms with van der Waals surface area (Å²) in [5.74, 6) is 7.03. The minimum absolute atomic E-state index is 0.168. The van der Waals surface area contributed by atoms with Gasteiger partial charge in [-0.3, -0.25) is 0 Å². The van der Waals surface area contributed by atoms with E-state index in [-0.39, 0.29) is 5.41 Å². The van der Waals surface area contributed by atoms with E-state index in [9.17, 15) is 15.3 Å².